The van der Waals surface area contributed by atoms with E-state index in [-0.39, 0.29) is 29.1 Å². The molecule has 0 aromatic heterocycles. The fourth-order valence-electron chi connectivity index (χ4n) is 6.50. The Morgan fingerprint density at radius 2 is 1.80 bits per heavy atom. The Morgan fingerprint density at radius 1 is 1.05 bits per heavy atom. The van der Waals surface area contributed by atoms with Gasteiger partial charge in [-0.2, -0.15) is 0 Å². The van der Waals surface area contributed by atoms with Crippen molar-refractivity contribution in [1.29, 1.82) is 0 Å². The number of benzene rings is 2. The number of sulfonamides is 1. The molecule has 1 unspecified atom stereocenters. The van der Waals surface area contributed by atoms with E-state index in [0.29, 0.717) is 25.3 Å². The fraction of sp³-hybridized carbons (Fsp3) is 0.516. The van der Waals surface area contributed by atoms with Crippen LogP contribution in [0, 0.1) is 6.92 Å². The number of anilines is 2. The van der Waals surface area contributed by atoms with Crippen LogP contribution < -0.4 is 9.21 Å². The predicted octanol–water partition coefficient (Wildman–Crippen LogP) is 4.62. The lowest BCUT2D eigenvalue weighted by molar-refractivity contribution is -0.146. The molecule has 2 aromatic carbocycles. The standard InChI is InChI=1S/C31H41N3O5S/c1-21-9-8-10-26(15-21)40(36,37)34-20-25-19-32(22(2)29(35)38-7)13-14-33(25)27-12-11-23(16-28(27)34)24-17-30(3,4)39-31(5,6)18-24/h8-12,15-17,22,25H,13-14,18-20H2,1-7H3/t22?,25-/m0/s1. The van der Waals surface area contributed by atoms with E-state index < -0.39 is 21.7 Å². The second-order valence-corrected chi connectivity index (χ2v) is 14.3. The zero-order chi connectivity index (χ0) is 29.0. The van der Waals surface area contributed by atoms with Gasteiger partial charge in [-0.05, 0) is 88.6 Å². The van der Waals surface area contributed by atoms with Crippen LogP contribution in [0.4, 0.5) is 11.4 Å². The molecule has 0 aliphatic carbocycles. The van der Waals surface area contributed by atoms with Crippen LogP contribution in [0.1, 0.15) is 52.2 Å². The Bertz CT molecular complexity index is 1450. The van der Waals surface area contributed by atoms with Crippen LogP contribution in [0.3, 0.4) is 0 Å². The number of fused-ring (bicyclic) bond motifs is 3. The third-order valence-corrected chi connectivity index (χ3v) is 9.94. The summed E-state index contributed by atoms with van der Waals surface area (Å²) in [5, 5.41) is 0. The van der Waals surface area contributed by atoms with E-state index >= 15 is 0 Å². The van der Waals surface area contributed by atoms with Gasteiger partial charge in [0.15, 0.2) is 0 Å². The van der Waals surface area contributed by atoms with E-state index in [9.17, 15) is 13.2 Å². The summed E-state index contributed by atoms with van der Waals surface area (Å²) in [6.45, 7) is 14.3. The molecule has 3 aliphatic heterocycles. The molecule has 1 fully saturated rings. The fourth-order valence-corrected chi connectivity index (χ4v) is 8.12. The van der Waals surface area contributed by atoms with Crippen LogP contribution in [0.25, 0.3) is 5.57 Å². The number of carbonyl (C=O) groups excluding carboxylic acids is 1. The van der Waals surface area contributed by atoms with Gasteiger partial charge in [0.25, 0.3) is 10.0 Å². The molecule has 2 aromatic rings. The zero-order valence-electron chi connectivity index (χ0n) is 24.6. The van der Waals surface area contributed by atoms with E-state index in [4.69, 9.17) is 9.47 Å². The minimum atomic E-state index is -3.85. The number of rotatable bonds is 5. The minimum Gasteiger partial charge on any atom is -0.468 e. The van der Waals surface area contributed by atoms with Crippen molar-refractivity contribution >= 4 is 32.9 Å². The van der Waals surface area contributed by atoms with Gasteiger partial charge in [-0.1, -0.05) is 18.2 Å². The van der Waals surface area contributed by atoms with Crippen molar-refractivity contribution in [2.45, 2.75) is 76.1 Å². The van der Waals surface area contributed by atoms with Crippen molar-refractivity contribution in [3.05, 3.63) is 59.7 Å². The number of piperazine rings is 1. The number of hydrogen-bond acceptors (Lipinski definition) is 7. The highest BCUT2D eigenvalue weighted by atomic mass is 32.2. The number of esters is 1. The summed E-state index contributed by atoms with van der Waals surface area (Å²) < 4.78 is 41.3. The van der Waals surface area contributed by atoms with Crippen molar-refractivity contribution in [2.24, 2.45) is 0 Å². The molecule has 3 heterocycles. The average Bonchev–Trinajstić information content (AvgIpc) is 2.89. The van der Waals surface area contributed by atoms with Gasteiger partial charge in [-0.25, -0.2) is 8.42 Å². The molecule has 8 nitrogen and oxygen atoms in total. The topological polar surface area (TPSA) is 79.4 Å². The second-order valence-electron chi connectivity index (χ2n) is 12.4. The molecule has 0 N–H and O–H groups in total. The minimum absolute atomic E-state index is 0.112. The van der Waals surface area contributed by atoms with Crippen molar-refractivity contribution < 1.29 is 22.7 Å². The quantitative estimate of drug-likeness (QED) is 0.488. The molecule has 5 rings (SSSR count). The number of aryl methyl sites for hydroxylation is 1. The summed E-state index contributed by atoms with van der Waals surface area (Å²) in [4.78, 5) is 17.0. The van der Waals surface area contributed by atoms with E-state index in [2.05, 4.69) is 55.7 Å². The van der Waals surface area contributed by atoms with Crippen LogP contribution in [0.5, 0.6) is 0 Å². The largest absolute Gasteiger partial charge is 0.468 e. The van der Waals surface area contributed by atoms with Gasteiger partial charge in [0.1, 0.15) is 6.04 Å². The average molecular weight is 568 g/mol. The molecule has 3 aliphatic rings. The van der Waals surface area contributed by atoms with E-state index in [1.54, 1.807) is 22.5 Å². The predicted molar refractivity (Wildman–Crippen MR) is 158 cm³/mol. The highest BCUT2D eigenvalue weighted by Gasteiger charge is 2.42. The summed E-state index contributed by atoms with van der Waals surface area (Å²) in [6.07, 6.45) is 2.88. The van der Waals surface area contributed by atoms with Crippen LogP contribution in [-0.2, 0) is 24.3 Å². The summed E-state index contributed by atoms with van der Waals surface area (Å²) in [5.41, 5.74) is 3.86. The van der Waals surface area contributed by atoms with Crippen LogP contribution in [-0.4, -0.2) is 75.9 Å². The zero-order valence-corrected chi connectivity index (χ0v) is 25.4. The first kappa shape index (κ1) is 28.6. The lowest BCUT2D eigenvalue weighted by Gasteiger charge is -2.50. The maximum absolute atomic E-state index is 14.2. The molecule has 0 spiro atoms. The third-order valence-electron chi connectivity index (χ3n) is 8.16. The summed E-state index contributed by atoms with van der Waals surface area (Å²) >= 11 is 0. The second kappa shape index (κ2) is 10.2. The van der Waals surface area contributed by atoms with Crippen LogP contribution in [0.2, 0.25) is 0 Å². The molecule has 1 saturated heterocycles. The number of hydrogen-bond donors (Lipinski definition) is 0. The van der Waals surface area contributed by atoms with Gasteiger partial charge in [0, 0.05) is 26.1 Å². The third kappa shape index (κ3) is 5.39. The first-order chi connectivity index (χ1) is 18.7. The monoisotopic (exact) mass is 567 g/mol. The van der Waals surface area contributed by atoms with Crippen molar-refractivity contribution in [3.63, 3.8) is 0 Å². The first-order valence-corrected chi connectivity index (χ1v) is 15.4. The highest BCUT2D eigenvalue weighted by molar-refractivity contribution is 7.92. The summed E-state index contributed by atoms with van der Waals surface area (Å²) in [5.74, 6) is -0.283. The van der Waals surface area contributed by atoms with Crippen LogP contribution >= 0.6 is 0 Å². The molecule has 0 amide bonds. The Hall–Kier alpha value is -2.88. The maximum Gasteiger partial charge on any atom is 0.322 e. The Balaban J connectivity index is 1.60. The molecular weight excluding hydrogens is 526 g/mol. The van der Waals surface area contributed by atoms with Crippen molar-refractivity contribution in [1.82, 2.24) is 4.90 Å². The number of carbonyl (C=O) groups is 1. The lowest BCUT2D eigenvalue weighted by atomic mass is 9.85. The van der Waals surface area contributed by atoms with Gasteiger partial charge in [0.2, 0.25) is 0 Å². The summed E-state index contributed by atoms with van der Waals surface area (Å²) in [6, 6.07) is 12.8. The smallest absolute Gasteiger partial charge is 0.322 e. The van der Waals surface area contributed by atoms with E-state index in [1.165, 1.54) is 7.11 Å². The van der Waals surface area contributed by atoms with Crippen molar-refractivity contribution in [2.75, 3.05) is 42.5 Å². The Kier molecular flexibility index (Phi) is 7.30. The van der Waals surface area contributed by atoms with Gasteiger partial charge in [-0.15, -0.1) is 0 Å². The normalized spacial score (nSPS) is 23.1. The van der Waals surface area contributed by atoms with Gasteiger partial charge in [0.05, 0.1) is 47.2 Å². The molecule has 9 heteroatoms. The highest BCUT2D eigenvalue weighted by Crippen LogP contribution is 2.44. The first-order valence-electron chi connectivity index (χ1n) is 13.9. The van der Waals surface area contributed by atoms with Crippen molar-refractivity contribution in [3.8, 4) is 0 Å². The Labute approximate surface area is 238 Å². The van der Waals surface area contributed by atoms with Crippen LogP contribution in [0.15, 0.2) is 53.4 Å². The number of methoxy groups -OCH3 is 1. The molecular formula is C31H41N3O5S. The summed E-state index contributed by atoms with van der Waals surface area (Å²) in [7, 11) is -2.45. The van der Waals surface area contributed by atoms with Gasteiger partial charge >= 0.3 is 5.97 Å². The molecule has 40 heavy (non-hydrogen) atoms. The number of ether oxygens (including phenoxy) is 2. The van der Waals surface area contributed by atoms with Gasteiger partial charge in [-0.3, -0.25) is 14.0 Å². The Morgan fingerprint density at radius 3 is 2.48 bits per heavy atom. The maximum atomic E-state index is 14.2. The molecule has 0 bridgehead atoms. The molecule has 2 atom stereocenters. The molecule has 0 radical (unpaired) electrons. The van der Waals surface area contributed by atoms with E-state index in [1.807, 2.05) is 26.0 Å². The van der Waals surface area contributed by atoms with Gasteiger partial charge < -0.3 is 14.4 Å². The SMILES string of the molecule is COC(=O)C(C)N1CCN2c3ccc(C4=CC(C)(C)OC(C)(C)C4)cc3N(S(=O)(=O)c3cccc(C)c3)C[C@@H]2C1. The molecule has 0 saturated carbocycles. The van der Waals surface area contributed by atoms with E-state index in [0.717, 1.165) is 28.8 Å². The lowest BCUT2D eigenvalue weighted by Crippen LogP contribution is -2.62. The number of nitrogens with zero attached hydrogens (tertiary/aromatic N) is 3. The molecule has 216 valence electrons.